The van der Waals surface area contributed by atoms with Crippen molar-refractivity contribution in [2.45, 2.75) is 54.4 Å². The van der Waals surface area contributed by atoms with Gasteiger partial charge in [0.1, 0.15) is 6.10 Å². The van der Waals surface area contributed by atoms with Gasteiger partial charge in [-0.3, -0.25) is 4.79 Å². The van der Waals surface area contributed by atoms with Crippen molar-refractivity contribution in [1.29, 1.82) is 0 Å². The highest BCUT2D eigenvalue weighted by Gasteiger charge is 2.68. The van der Waals surface area contributed by atoms with Crippen molar-refractivity contribution in [3.8, 4) is 40.2 Å². The average Bonchev–Trinajstić information content (AvgIpc) is 3.10. The molecule has 0 saturated heterocycles. The Labute approximate surface area is 250 Å². The van der Waals surface area contributed by atoms with Crippen LogP contribution in [0.1, 0.15) is 27.9 Å². The predicted octanol–water partition coefficient (Wildman–Crippen LogP) is -6.18. The van der Waals surface area contributed by atoms with Crippen molar-refractivity contribution >= 4 is 5.78 Å². The van der Waals surface area contributed by atoms with Crippen LogP contribution in [-0.2, 0) is 12.3 Å². The number of benzene rings is 2. The van der Waals surface area contributed by atoms with Crippen LogP contribution in [0.15, 0.2) is 12.1 Å². The normalized spacial score (nSPS) is 19.2. The standard InChI is InChI=1S/C24H31NO20/c1-44-10-3-7-9(4-11(10)45-2)21(36,37)20(35,18(7)32)5-12(26)22(38,39)24(42,43)25(23(40,41)19(33)34)6-8-13(27)15(29)17(31)16(30)14(8)28/h3-4,12,19,26-31,33-43H,5-6H2,1-2H3. The summed E-state index contributed by atoms with van der Waals surface area (Å²) in [5.74, 6) is -27.8. The number of rotatable bonds is 11. The van der Waals surface area contributed by atoms with Crippen molar-refractivity contribution in [3.05, 3.63) is 28.8 Å². The number of ketones is 1. The molecule has 2 unspecified atom stereocenters. The topological polar surface area (TPSA) is 383 Å². The SMILES string of the molecule is COc1cc2c(cc1OC)C(O)(O)C(O)(CC(O)C(O)(O)C(O)(O)N(Cc1c(O)c(O)c(O)c(O)c1O)C(O)(O)C(O)O)C2=O. The van der Waals surface area contributed by atoms with E-state index >= 15 is 0 Å². The molecule has 0 bridgehead atoms. The smallest absolute Gasteiger partial charge is 0.289 e. The molecule has 2 atom stereocenters. The minimum absolute atomic E-state index is 0.160. The van der Waals surface area contributed by atoms with Gasteiger partial charge < -0.3 is 96.3 Å². The maximum absolute atomic E-state index is 13.2. The van der Waals surface area contributed by atoms with Crippen LogP contribution >= 0.6 is 0 Å². The van der Waals surface area contributed by atoms with E-state index in [-0.39, 0.29) is 11.5 Å². The number of methoxy groups -OCH3 is 2. The third kappa shape index (κ3) is 5.10. The average molecular weight is 653 g/mol. The Kier molecular flexibility index (Phi) is 8.89. The molecule has 1 aliphatic carbocycles. The summed E-state index contributed by atoms with van der Waals surface area (Å²) in [5.41, 5.74) is -6.45. The van der Waals surface area contributed by atoms with Gasteiger partial charge >= 0.3 is 0 Å². The lowest BCUT2D eigenvalue weighted by Crippen LogP contribution is -2.76. The fourth-order valence-electron chi connectivity index (χ4n) is 4.68. The molecule has 2 aromatic rings. The Morgan fingerprint density at radius 1 is 0.778 bits per heavy atom. The quantitative estimate of drug-likeness (QED) is 0.0609. The summed E-state index contributed by atoms with van der Waals surface area (Å²) in [5, 5.41) is 175. The number of aliphatic hydroxyl groups excluding tert-OH is 2. The predicted molar refractivity (Wildman–Crippen MR) is 136 cm³/mol. The zero-order chi connectivity index (χ0) is 34.8. The highest BCUT2D eigenvalue weighted by atomic mass is 16.7. The number of ether oxygens (including phenoxy) is 2. The largest absolute Gasteiger partial charge is 0.504 e. The summed E-state index contributed by atoms with van der Waals surface area (Å²) >= 11 is 0. The maximum atomic E-state index is 13.2. The molecule has 21 nitrogen and oxygen atoms in total. The van der Waals surface area contributed by atoms with E-state index in [0.717, 1.165) is 26.4 Å². The first-order valence-corrected chi connectivity index (χ1v) is 12.2. The van der Waals surface area contributed by atoms with Crippen molar-refractivity contribution < 1.29 is 101 Å². The van der Waals surface area contributed by atoms with E-state index in [0.29, 0.717) is 0 Å². The number of carbonyl (C=O) groups is 1. The number of fused-ring (bicyclic) bond motifs is 1. The molecule has 0 spiro atoms. The van der Waals surface area contributed by atoms with Crippen molar-refractivity contribution in [2.75, 3.05) is 14.2 Å². The van der Waals surface area contributed by atoms with Crippen LogP contribution < -0.4 is 9.47 Å². The summed E-state index contributed by atoms with van der Waals surface area (Å²) in [6, 6.07) is 1.72. The lowest BCUT2D eigenvalue weighted by molar-refractivity contribution is -0.500. The van der Waals surface area contributed by atoms with Crippen LogP contribution in [0.25, 0.3) is 0 Å². The lowest BCUT2D eigenvalue weighted by Gasteiger charge is -2.49. The fourth-order valence-corrected chi connectivity index (χ4v) is 4.68. The molecule has 0 fully saturated rings. The fraction of sp³-hybridized carbons (Fsp3) is 0.458. The molecule has 0 saturated carbocycles. The third-order valence-corrected chi connectivity index (χ3v) is 7.45. The van der Waals surface area contributed by atoms with E-state index in [1.807, 2.05) is 0 Å². The van der Waals surface area contributed by atoms with E-state index in [1.165, 1.54) is 0 Å². The Bertz CT molecular complexity index is 1460. The summed E-state index contributed by atoms with van der Waals surface area (Å²) in [7, 11) is 2.26. The second kappa shape index (κ2) is 11.2. The van der Waals surface area contributed by atoms with Crippen LogP contribution in [0.5, 0.6) is 40.2 Å². The van der Waals surface area contributed by atoms with E-state index in [9.17, 15) is 91.6 Å². The first-order chi connectivity index (χ1) is 20.4. The van der Waals surface area contributed by atoms with Crippen LogP contribution in [0.4, 0.5) is 0 Å². The molecule has 252 valence electrons. The van der Waals surface area contributed by atoms with Crippen LogP contribution in [0.3, 0.4) is 0 Å². The van der Waals surface area contributed by atoms with Gasteiger partial charge in [-0.05, 0) is 12.1 Å². The van der Waals surface area contributed by atoms with Crippen molar-refractivity contribution in [2.24, 2.45) is 0 Å². The first kappa shape index (κ1) is 35.7. The van der Waals surface area contributed by atoms with Gasteiger partial charge in [0, 0.05) is 24.1 Å². The van der Waals surface area contributed by atoms with Crippen LogP contribution in [0.2, 0.25) is 0 Å². The summed E-state index contributed by atoms with van der Waals surface area (Å²) in [6.07, 6.45) is -8.82. The molecular weight excluding hydrogens is 622 g/mol. The minimum Gasteiger partial charge on any atom is -0.504 e. The highest BCUT2D eigenvalue weighted by Crippen LogP contribution is 2.53. The van der Waals surface area contributed by atoms with Crippen molar-refractivity contribution in [3.63, 3.8) is 0 Å². The number of nitrogens with zero attached hydrogens (tertiary/aromatic N) is 1. The Hall–Kier alpha value is -3.81. The third-order valence-electron chi connectivity index (χ3n) is 7.45. The molecule has 0 amide bonds. The van der Waals surface area contributed by atoms with Gasteiger partial charge in [-0.25, -0.2) is 0 Å². The monoisotopic (exact) mass is 653 g/mol. The Morgan fingerprint density at radius 2 is 1.22 bits per heavy atom. The number of Topliss-reactive ketones (excluding diaryl/α,β-unsaturated/α-hetero) is 1. The number of hydrogen-bond acceptors (Lipinski definition) is 21. The molecule has 0 aromatic heterocycles. The summed E-state index contributed by atoms with van der Waals surface area (Å²) < 4.78 is 9.99. The molecular formula is C24H31NO20. The van der Waals surface area contributed by atoms with E-state index in [1.54, 1.807) is 0 Å². The minimum atomic E-state index is -4.88. The first-order valence-electron chi connectivity index (χ1n) is 12.2. The van der Waals surface area contributed by atoms with Crippen LogP contribution in [0, 0.1) is 0 Å². The van der Waals surface area contributed by atoms with Gasteiger partial charge in [0.05, 0.1) is 19.8 Å². The number of aromatic hydroxyl groups is 5. The van der Waals surface area contributed by atoms with Crippen molar-refractivity contribution in [1.82, 2.24) is 4.90 Å². The zero-order valence-corrected chi connectivity index (χ0v) is 23.0. The maximum Gasteiger partial charge on any atom is 0.289 e. The molecule has 21 heteroatoms. The molecule has 45 heavy (non-hydrogen) atoms. The second-order valence-electron chi connectivity index (χ2n) is 10.1. The van der Waals surface area contributed by atoms with E-state index in [4.69, 9.17) is 9.47 Å². The molecule has 2 aromatic carbocycles. The molecule has 1 aliphatic rings. The number of hydrogen-bond donors (Lipinski definition) is 17. The highest BCUT2D eigenvalue weighted by molar-refractivity contribution is 6.08. The van der Waals surface area contributed by atoms with E-state index in [2.05, 4.69) is 0 Å². The number of aliphatic hydroxyl groups is 12. The number of phenols is 5. The Balaban J connectivity index is 2.12. The Morgan fingerprint density at radius 3 is 1.67 bits per heavy atom. The molecule has 0 aliphatic heterocycles. The zero-order valence-electron chi connectivity index (χ0n) is 23.0. The summed E-state index contributed by atoms with van der Waals surface area (Å²) in [6.45, 7) is -1.95. The molecule has 0 heterocycles. The molecule has 17 N–H and O–H groups in total. The van der Waals surface area contributed by atoms with Gasteiger partial charge in [-0.2, -0.15) is 4.90 Å². The van der Waals surface area contributed by atoms with Gasteiger partial charge in [0.2, 0.25) is 35.1 Å². The second-order valence-corrected chi connectivity index (χ2v) is 10.1. The van der Waals surface area contributed by atoms with Gasteiger partial charge in [-0.15, -0.1) is 0 Å². The number of carbonyl (C=O) groups excluding carboxylic acids is 1. The van der Waals surface area contributed by atoms with Gasteiger partial charge in [0.25, 0.3) is 17.6 Å². The van der Waals surface area contributed by atoms with Gasteiger partial charge in [0.15, 0.2) is 28.6 Å². The summed E-state index contributed by atoms with van der Waals surface area (Å²) in [4.78, 5) is 12.2. The number of phenolic OH excluding ortho intramolecular Hbond substituents is 5. The lowest BCUT2D eigenvalue weighted by atomic mass is 9.83. The van der Waals surface area contributed by atoms with Crippen LogP contribution in [-0.4, -0.2) is 147 Å². The molecule has 3 rings (SSSR count). The molecule has 0 radical (unpaired) electrons. The van der Waals surface area contributed by atoms with E-state index < -0.39 is 110 Å². The van der Waals surface area contributed by atoms with Gasteiger partial charge in [-0.1, -0.05) is 0 Å².